The van der Waals surface area contributed by atoms with Crippen molar-refractivity contribution in [3.05, 3.63) is 78.1 Å². The van der Waals surface area contributed by atoms with E-state index in [-0.39, 0.29) is 11.9 Å². The van der Waals surface area contributed by atoms with Gasteiger partial charge in [0.2, 0.25) is 0 Å². The lowest BCUT2D eigenvalue weighted by Gasteiger charge is -2.31. The second-order valence-electron chi connectivity index (χ2n) is 9.93. The van der Waals surface area contributed by atoms with Gasteiger partial charge in [0.1, 0.15) is 17.9 Å². The molecular weight excluding hydrogens is 464 g/mol. The lowest BCUT2D eigenvalue weighted by Crippen LogP contribution is -2.45. The molecule has 0 radical (unpaired) electrons. The number of carbonyl (C=O) groups is 1. The van der Waals surface area contributed by atoms with Crippen LogP contribution in [0.1, 0.15) is 28.9 Å². The number of benzene rings is 2. The molecule has 1 saturated heterocycles. The second-order valence-corrected chi connectivity index (χ2v) is 9.93. The van der Waals surface area contributed by atoms with Crippen LogP contribution in [0.5, 0.6) is 5.75 Å². The number of hydrogen-bond donors (Lipinski definition) is 1. The molecule has 5 aromatic rings. The number of piperidine rings is 1. The first-order chi connectivity index (χ1) is 18.2. The first kappa shape index (κ1) is 22.1. The number of fused-ring (bicyclic) bond motifs is 1. The molecule has 37 heavy (non-hydrogen) atoms. The van der Waals surface area contributed by atoms with Gasteiger partial charge in [0.25, 0.3) is 5.91 Å². The van der Waals surface area contributed by atoms with E-state index in [1.54, 1.807) is 0 Å². The molecule has 0 aliphatic carbocycles. The van der Waals surface area contributed by atoms with Crippen LogP contribution >= 0.6 is 0 Å². The van der Waals surface area contributed by atoms with E-state index in [0.29, 0.717) is 37.6 Å². The van der Waals surface area contributed by atoms with Crippen LogP contribution in [0.2, 0.25) is 0 Å². The van der Waals surface area contributed by atoms with Gasteiger partial charge in [0.15, 0.2) is 5.82 Å². The maximum atomic E-state index is 13.4. The smallest absolute Gasteiger partial charge is 0.254 e. The third-order valence-electron chi connectivity index (χ3n) is 7.46. The number of ether oxygens (including phenoxy) is 1. The molecule has 0 unspecified atom stereocenters. The van der Waals surface area contributed by atoms with Gasteiger partial charge in [-0.2, -0.15) is 0 Å². The van der Waals surface area contributed by atoms with Gasteiger partial charge in [-0.05, 0) is 49.2 Å². The molecule has 1 atom stereocenters. The molecule has 1 fully saturated rings. The Morgan fingerprint density at radius 2 is 1.97 bits per heavy atom. The Morgan fingerprint density at radius 3 is 2.84 bits per heavy atom. The predicted molar refractivity (Wildman–Crippen MR) is 143 cm³/mol. The number of amides is 1. The number of hydrogen-bond acceptors (Lipinski definition) is 5. The van der Waals surface area contributed by atoms with Crippen molar-refractivity contribution in [2.75, 3.05) is 19.7 Å². The zero-order valence-corrected chi connectivity index (χ0v) is 20.5. The fourth-order valence-corrected chi connectivity index (χ4v) is 5.72. The van der Waals surface area contributed by atoms with Crippen molar-refractivity contribution in [3.63, 3.8) is 0 Å². The van der Waals surface area contributed by atoms with Crippen molar-refractivity contribution < 1.29 is 9.53 Å². The quantitative estimate of drug-likeness (QED) is 0.409. The first-order valence-electron chi connectivity index (χ1n) is 12.9. The number of rotatable bonds is 4. The molecule has 2 aromatic carbocycles. The van der Waals surface area contributed by atoms with Crippen LogP contribution in [0.25, 0.3) is 33.5 Å². The highest BCUT2D eigenvalue weighted by atomic mass is 16.5. The highest BCUT2D eigenvalue weighted by Crippen LogP contribution is 2.37. The van der Waals surface area contributed by atoms with Crippen LogP contribution in [0, 0.1) is 0 Å². The van der Waals surface area contributed by atoms with Crippen molar-refractivity contribution in [1.29, 1.82) is 0 Å². The monoisotopic (exact) mass is 492 g/mol. The van der Waals surface area contributed by atoms with Gasteiger partial charge in [-0.3, -0.25) is 9.78 Å². The minimum atomic E-state index is -0.0113. The van der Waals surface area contributed by atoms with Gasteiger partial charge < -0.3 is 24.5 Å². The third-order valence-corrected chi connectivity index (χ3v) is 7.46. The fourth-order valence-electron chi connectivity index (χ4n) is 5.72. The molecule has 5 heterocycles. The summed E-state index contributed by atoms with van der Waals surface area (Å²) in [6.45, 7) is 3.17. The summed E-state index contributed by atoms with van der Waals surface area (Å²) in [6, 6.07) is 20.4. The third kappa shape index (κ3) is 3.76. The van der Waals surface area contributed by atoms with Crippen LogP contribution in [0.4, 0.5) is 0 Å². The van der Waals surface area contributed by atoms with Gasteiger partial charge in [0, 0.05) is 41.8 Å². The zero-order chi connectivity index (χ0) is 24.9. The van der Waals surface area contributed by atoms with Gasteiger partial charge >= 0.3 is 0 Å². The molecule has 8 heteroatoms. The topological polar surface area (TPSA) is 91.2 Å². The lowest BCUT2D eigenvalue weighted by atomic mass is 10.0. The molecule has 7 rings (SSSR count). The predicted octanol–water partition coefficient (Wildman–Crippen LogP) is 4.06. The summed E-state index contributed by atoms with van der Waals surface area (Å²) in [5.74, 6) is 1.57. The van der Waals surface area contributed by atoms with E-state index in [2.05, 4.69) is 44.5 Å². The van der Waals surface area contributed by atoms with Crippen molar-refractivity contribution >= 4 is 27.8 Å². The second kappa shape index (κ2) is 8.74. The van der Waals surface area contributed by atoms with E-state index < -0.39 is 0 Å². The highest BCUT2D eigenvalue weighted by molar-refractivity contribution is 6.00. The largest absolute Gasteiger partial charge is 0.489 e. The van der Waals surface area contributed by atoms with Crippen LogP contribution in [-0.2, 0) is 13.1 Å². The van der Waals surface area contributed by atoms with Crippen LogP contribution in [-0.4, -0.2) is 55.6 Å². The van der Waals surface area contributed by atoms with E-state index in [1.807, 2.05) is 41.4 Å². The van der Waals surface area contributed by atoms with E-state index >= 15 is 0 Å². The van der Waals surface area contributed by atoms with Crippen molar-refractivity contribution in [3.8, 4) is 17.3 Å². The Bertz CT molecular complexity index is 1640. The Hall–Kier alpha value is -4.17. The molecule has 2 N–H and O–H groups in total. The summed E-state index contributed by atoms with van der Waals surface area (Å²) in [5, 5.41) is 1.15. The van der Waals surface area contributed by atoms with Gasteiger partial charge in [-0.1, -0.05) is 24.3 Å². The number of nitrogens with two attached hydrogens (primary N) is 1. The first-order valence-corrected chi connectivity index (χ1v) is 12.9. The molecule has 2 aliphatic rings. The number of para-hydroxylation sites is 1. The summed E-state index contributed by atoms with van der Waals surface area (Å²) in [7, 11) is 0. The van der Waals surface area contributed by atoms with Crippen molar-refractivity contribution in [1.82, 2.24) is 24.0 Å². The summed E-state index contributed by atoms with van der Waals surface area (Å²) in [6.07, 6.45) is 3.71. The zero-order valence-electron chi connectivity index (χ0n) is 20.5. The van der Waals surface area contributed by atoms with Gasteiger partial charge in [-0.15, -0.1) is 0 Å². The molecule has 3 aromatic heterocycles. The Morgan fingerprint density at radius 1 is 1.08 bits per heavy atom. The van der Waals surface area contributed by atoms with E-state index in [0.717, 1.165) is 58.5 Å². The maximum absolute atomic E-state index is 13.4. The summed E-state index contributed by atoms with van der Waals surface area (Å²) < 4.78 is 10.6. The molecule has 8 nitrogen and oxygen atoms in total. The number of likely N-dealkylation sites (tertiary alicyclic amines) is 1. The van der Waals surface area contributed by atoms with Crippen molar-refractivity contribution in [2.45, 2.75) is 32.0 Å². The van der Waals surface area contributed by atoms with Crippen LogP contribution in [0.3, 0.4) is 0 Å². The molecular formula is C29H28N6O2. The molecule has 2 aliphatic heterocycles. The average molecular weight is 493 g/mol. The molecule has 1 amide bonds. The minimum Gasteiger partial charge on any atom is -0.489 e. The standard InChI is InChI=1S/C29H28N6O2/c30-21-7-5-11-33(17-21)29(36)20-14-23-27-26(16-20)37-13-12-34(27)28(32-23)25-15-19-6-1-2-9-24(19)35(25)18-22-8-3-4-10-31-22/h1-4,6,8-10,14-16,21H,5,7,11-13,17-18,30H2/t21-/m1/s1. The van der Waals surface area contributed by atoms with Gasteiger partial charge in [-0.25, -0.2) is 4.98 Å². The number of carbonyl (C=O) groups excluding carboxylic acids is 1. The van der Waals surface area contributed by atoms with Crippen LogP contribution in [0.15, 0.2) is 66.9 Å². The highest BCUT2D eigenvalue weighted by Gasteiger charge is 2.27. The minimum absolute atomic E-state index is 0.0113. The van der Waals surface area contributed by atoms with E-state index in [9.17, 15) is 4.79 Å². The van der Waals surface area contributed by atoms with Crippen molar-refractivity contribution in [2.24, 2.45) is 5.73 Å². The molecule has 0 spiro atoms. The maximum Gasteiger partial charge on any atom is 0.254 e. The van der Waals surface area contributed by atoms with Gasteiger partial charge in [0.05, 0.1) is 30.0 Å². The Balaban J connectivity index is 1.37. The summed E-state index contributed by atoms with van der Waals surface area (Å²) in [5.41, 5.74) is 11.6. The van der Waals surface area contributed by atoms with E-state index in [4.69, 9.17) is 15.5 Å². The van der Waals surface area contributed by atoms with Crippen LogP contribution < -0.4 is 10.5 Å². The Kier molecular flexibility index (Phi) is 5.21. The number of nitrogens with zero attached hydrogens (tertiary/aromatic N) is 5. The SMILES string of the molecule is N[C@@H]1CCCN(C(=O)c2cc3c4c(c2)nc(-c2cc5ccccc5n2Cc2ccccn2)n4CCO3)C1. The number of pyridine rings is 1. The fraction of sp³-hybridized carbons (Fsp3) is 0.276. The Labute approximate surface area is 214 Å². The summed E-state index contributed by atoms with van der Waals surface area (Å²) >= 11 is 0. The average Bonchev–Trinajstić information content (AvgIpc) is 3.48. The molecule has 0 bridgehead atoms. The molecule has 0 saturated carbocycles. The number of imidazole rings is 1. The summed E-state index contributed by atoms with van der Waals surface area (Å²) in [4.78, 5) is 24.9. The lowest BCUT2D eigenvalue weighted by molar-refractivity contribution is 0.0708. The van der Waals surface area contributed by atoms with E-state index in [1.165, 1.54) is 0 Å². The normalized spacial score (nSPS) is 17.3. The molecule has 186 valence electrons. The number of aromatic nitrogens is 4.